The van der Waals surface area contributed by atoms with Gasteiger partial charge in [-0.15, -0.1) is 0 Å². The summed E-state index contributed by atoms with van der Waals surface area (Å²) in [6.07, 6.45) is -0.0772. The van der Waals surface area contributed by atoms with Crippen molar-refractivity contribution in [3.05, 3.63) is 40.6 Å². The molecule has 2 aromatic rings. The van der Waals surface area contributed by atoms with Gasteiger partial charge in [0.15, 0.2) is 5.82 Å². The third-order valence-corrected chi connectivity index (χ3v) is 4.82. The normalized spacial score (nSPS) is 18.9. The van der Waals surface area contributed by atoms with Gasteiger partial charge in [-0.1, -0.05) is 30.3 Å². The minimum absolute atomic E-state index is 0.0772. The van der Waals surface area contributed by atoms with E-state index in [0.717, 1.165) is 33.8 Å². The molecule has 6 heteroatoms. The van der Waals surface area contributed by atoms with E-state index in [1.165, 1.54) is 0 Å². The maximum Gasteiger partial charge on any atom is 0.161 e. The van der Waals surface area contributed by atoms with Crippen LogP contribution in [0.25, 0.3) is 11.3 Å². The Morgan fingerprint density at radius 3 is 2.75 bits per heavy atom. The molecule has 1 aromatic heterocycles. The van der Waals surface area contributed by atoms with Crippen LogP contribution in [-0.2, 0) is 4.74 Å². The quantitative estimate of drug-likeness (QED) is 0.899. The lowest BCUT2D eigenvalue weighted by Gasteiger charge is -2.22. The summed E-state index contributed by atoms with van der Waals surface area (Å²) in [5, 5.41) is 0. The molecule has 1 atom stereocenters. The Labute approximate surface area is 130 Å². The molecule has 3 rings (SSSR count). The molecule has 0 aliphatic carbocycles. The van der Waals surface area contributed by atoms with Crippen LogP contribution in [0, 0.1) is 0 Å². The van der Waals surface area contributed by atoms with Crippen molar-refractivity contribution in [2.24, 2.45) is 0 Å². The predicted molar refractivity (Wildman–Crippen MR) is 85.6 cm³/mol. The van der Waals surface area contributed by atoms with Gasteiger partial charge in [0.25, 0.3) is 0 Å². The molecule has 0 amide bonds. The Balaban J connectivity index is 2.03. The Kier molecular flexibility index (Phi) is 4.24. The van der Waals surface area contributed by atoms with Gasteiger partial charge in [-0.2, -0.15) is 11.8 Å². The molecule has 0 spiro atoms. The summed E-state index contributed by atoms with van der Waals surface area (Å²) in [7, 11) is 0. The zero-order valence-electron chi connectivity index (χ0n) is 10.8. The van der Waals surface area contributed by atoms with Crippen molar-refractivity contribution in [2.45, 2.75) is 6.10 Å². The Hall–Kier alpha value is -1.11. The van der Waals surface area contributed by atoms with E-state index in [0.29, 0.717) is 11.6 Å². The third-order valence-electron chi connectivity index (χ3n) is 3.05. The molecule has 2 heterocycles. The lowest BCUT2D eigenvalue weighted by molar-refractivity contribution is 0.0696. The smallest absolute Gasteiger partial charge is 0.161 e. The molecular weight excluding hydrogens is 338 g/mol. The first-order valence-corrected chi connectivity index (χ1v) is 8.28. The zero-order chi connectivity index (χ0) is 13.9. The lowest BCUT2D eigenvalue weighted by Crippen LogP contribution is -2.19. The Morgan fingerprint density at radius 1 is 1.25 bits per heavy atom. The largest absolute Gasteiger partial charge is 0.383 e. The summed E-state index contributed by atoms with van der Waals surface area (Å²) in [5.41, 5.74) is 7.83. The molecule has 2 N–H and O–H groups in total. The van der Waals surface area contributed by atoms with Crippen molar-refractivity contribution in [3.63, 3.8) is 0 Å². The molecule has 1 unspecified atom stereocenters. The van der Waals surface area contributed by atoms with E-state index in [1.54, 1.807) is 0 Å². The highest BCUT2D eigenvalue weighted by molar-refractivity contribution is 9.10. The fourth-order valence-electron chi connectivity index (χ4n) is 2.05. The molecule has 1 aromatic carbocycles. The van der Waals surface area contributed by atoms with E-state index < -0.39 is 0 Å². The van der Waals surface area contributed by atoms with Crippen LogP contribution in [0.15, 0.2) is 34.8 Å². The van der Waals surface area contributed by atoms with E-state index >= 15 is 0 Å². The fourth-order valence-corrected chi connectivity index (χ4v) is 3.30. The van der Waals surface area contributed by atoms with Crippen LogP contribution in [0.5, 0.6) is 0 Å². The van der Waals surface area contributed by atoms with Crippen LogP contribution < -0.4 is 5.73 Å². The van der Waals surface area contributed by atoms with Gasteiger partial charge in [0.2, 0.25) is 0 Å². The third kappa shape index (κ3) is 2.82. The van der Waals surface area contributed by atoms with Crippen LogP contribution in [0.1, 0.15) is 11.9 Å². The topological polar surface area (TPSA) is 61.0 Å². The lowest BCUT2D eigenvalue weighted by atomic mass is 10.1. The van der Waals surface area contributed by atoms with Crippen molar-refractivity contribution >= 4 is 33.5 Å². The number of nitrogens with two attached hydrogens (primary N) is 1. The fraction of sp³-hybridized carbons (Fsp3) is 0.286. The number of aromatic nitrogens is 2. The SMILES string of the molecule is Nc1nc(C2CSCCO2)nc(-c2ccccc2)c1Br. The van der Waals surface area contributed by atoms with E-state index in [4.69, 9.17) is 10.5 Å². The number of benzene rings is 1. The van der Waals surface area contributed by atoms with Crippen LogP contribution in [0.2, 0.25) is 0 Å². The molecule has 20 heavy (non-hydrogen) atoms. The Bertz CT molecular complexity index is 603. The van der Waals surface area contributed by atoms with E-state index in [2.05, 4.69) is 25.9 Å². The number of nitrogen functional groups attached to an aromatic ring is 1. The highest BCUT2D eigenvalue weighted by atomic mass is 79.9. The zero-order valence-corrected chi connectivity index (χ0v) is 13.2. The molecule has 1 saturated heterocycles. The number of nitrogens with zero attached hydrogens (tertiary/aromatic N) is 2. The summed E-state index contributed by atoms with van der Waals surface area (Å²) < 4.78 is 6.47. The molecule has 4 nitrogen and oxygen atoms in total. The van der Waals surface area contributed by atoms with Crippen LogP contribution in [0.4, 0.5) is 5.82 Å². The average Bonchev–Trinajstić information content (AvgIpc) is 2.51. The maximum atomic E-state index is 6.01. The first kappa shape index (κ1) is 13.9. The second kappa shape index (κ2) is 6.11. The second-order valence-electron chi connectivity index (χ2n) is 4.43. The molecule has 104 valence electrons. The minimum Gasteiger partial charge on any atom is -0.383 e. The first-order valence-electron chi connectivity index (χ1n) is 6.33. The molecule has 0 saturated carbocycles. The van der Waals surface area contributed by atoms with Gasteiger partial charge in [-0.05, 0) is 15.9 Å². The molecule has 1 aliphatic heterocycles. The molecular formula is C14H14BrN3OS. The molecule has 0 bridgehead atoms. The van der Waals surface area contributed by atoms with Crippen molar-refractivity contribution in [1.82, 2.24) is 9.97 Å². The maximum absolute atomic E-state index is 6.01. The number of hydrogen-bond donors (Lipinski definition) is 1. The summed E-state index contributed by atoms with van der Waals surface area (Å²) in [6, 6.07) is 9.95. The van der Waals surface area contributed by atoms with Gasteiger partial charge in [-0.25, -0.2) is 9.97 Å². The van der Waals surface area contributed by atoms with Crippen LogP contribution >= 0.6 is 27.7 Å². The first-order chi connectivity index (χ1) is 9.75. The van der Waals surface area contributed by atoms with Crippen molar-refractivity contribution in [1.29, 1.82) is 0 Å². The van der Waals surface area contributed by atoms with Crippen molar-refractivity contribution < 1.29 is 4.74 Å². The summed E-state index contributed by atoms with van der Waals surface area (Å²) in [5.74, 6) is 3.01. The van der Waals surface area contributed by atoms with E-state index in [9.17, 15) is 0 Å². The number of rotatable bonds is 2. The second-order valence-corrected chi connectivity index (χ2v) is 6.37. The number of ether oxygens (including phenoxy) is 1. The van der Waals surface area contributed by atoms with Gasteiger partial charge in [0.05, 0.1) is 16.8 Å². The Morgan fingerprint density at radius 2 is 2.05 bits per heavy atom. The van der Waals surface area contributed by atoms with E-state index in [-0.39, 0.29) is 6.10 Å². The number of halogens is 1. The van der Waals surface area contributed by atoms with Crippen molar-refractivity contribution in [3.8, 4) is 11.3 Å². The summed E-state index contributed by atoms with van der Waals surface area (Å²) in [4.78, 5) is 9.01. The average molecular weight is 352 g/mol. The standard InChI is InChI=1S/C14H14BrN3OS/c15-11-12(9-4-2-1-3-5-9)17-14(18-13(11)16)10-8-20-7-6-19-10/h1-5,10H,6-8H2,(H2,16,17,18). The number of anilines is 1. The van der Waals surface area contributed by atoms with Crippen LogP contribution in [-0.4, -0.2) is 28.1 Å². The number of thioether (sulfide) groups is 1. The van der Waals surface area contributed by atoms with Gasteiger partial charge in [0.1, 0.15) is 11.9 Å². The monoisotopic (exact) mass is 351 g/mol. The van der Waals surface area contributed by atoms with E-state index in [1.807, 2.05) is 42.1 Å². The summed E-state index contributed by atoms with van der Waals surface area (Å²) >= 11 is 5.33. The van der Waals surface area contributed by atoms with Gasteiger partial charge in [-0.3, -0.25) is 0 Å². The van der Waals surface area contributed by atoms with Gasteiger partial charge in [0, 0.05) is 17.1 Å². The highest BCUT2D eigenvalue weighted by Gasteiger charge is 2.22. The molecule has 0 radical (unpaired) electrons. The molecule has 1 fully saturated rings. The van der Waals surface area contributed by atoms with Crippen LogP contribution in [0.3, 0.4) is 0 Å². The highest BCUT2D eigenvalue weighted by Crippen LogP contribution is 2.33. The predicted octanol–water partition coefficient (Wildman–Crippen LogP) is 3.29. The van der Waals surface area contributed by atoms with Crippen molar-refractivity contribution in [2.75, 3.05) is 23.8 Å². The molecule has 1 aliphatic rings. The number of hydrogen-bond acceptors (Lipinski definition) is 5. The van der Waals surface area contributed by atoms with Gasteiger partial charge < -0.3 is 10.5 Å². The minimum atomic E-state index is -0.0772. The summed E-state index contributed by atoms with van der Waals surface area (Å²) in [6.45, 7) is 0.731. The van der Waals surface area contributed by atoms with Gasteiger partial charge >= 0.3 is 0 Å².